The predicted octanol–water partition coefficient (Wildman–Crippen LogP) is 3.19. The topological polar surface area (TPSA) is 34.2 Å². The Morgan fingerprint density at radius 3 is 2.89 bits per heavy atom. The highest BCUT2D eigenvalue weighted by Crippen LogP contribution is 2.32. The third kappa shape index (κ3) is 2.04. The van der Waals surface area contributed by atoms with E-state index in [4.69, 9.17) is 4.74 Å². The van der Waals surface area contributed by atoms with Gasteiger partial charge in [0.15, 0.2) is 11.6 Å². The number of nitrogens with zero attached hydrogens (tertiary/aromatic N) is 1. The van der Waals surface area contributed by atoms with Crippen LogP contribution in [-0.4, -0.2) is 11.5 Å². The van der Waals surface area contributed by atoms with Gasteiger partial charge in [-0.3, -0.25) is 0 Å². The fraction of sp³-hybridized carbons (Fsp3) is 0.267. The van der Waals surface area contributed by atoms with Gasteiger partial charge in [0.05, 0.1) is 6.54 Å². The molecule has 0 radical (unpaired) electrons. The molecule has 0 bridgehead atoms. The summed E-state index contributed by atoms with van der Waals surface area (Å²) in [7, 11) is 0. The van der Waals surface area contributed by atoms with E-state index in [2.05, 4.69) is 41.5 Å². The van der Waals surface area contributed by atoms with Crippen LogP contribution in [0.15, 0.2) is 42.6 Å². The minimum absolute atomic E-state index is 0.0626. The average Bonchev–Trinajstić information content (AvgIpc) is 2.47. The minimum Gasteiger partial charge on any atom is -0.480 e. The van der Waals surface area contributed by atoms with Crippen molar-refractivity contribution in [1.82, 2.24) is 4.98 Å². The van der Waals surface area contributed by atoms with Crippen LogP contribution in [0.5, 0.6) is 5.75 Å². The minimum atomic E-state index is 0.0626. The van der Waals surface area contributed by atoms with Crippen LogP contribution in [0.1, 0.15) is 24.2 Å². The maximum Gasteiger partial charge on any atom is 0.168 e. The van der Waals surface area contributed by atoms with Gasteiger partial charge < -0.3 is 10.1 Å². The van der Waals surface area contributed by atoms with Crippen LogP contribution in [0, 0.1) is 0 Å². The Kier molecular flexibility index (Phi) is 2.89. The molecule has 0 spiro atoms. The van der Waals surface area contributed by atoms with Crippen molar-refractivity contribution in [2.24, 2.45) is 0 Å². The highest BCUT2D eigenvalue weighted by atomic mass is 16.5. The average molecular weight is 240 g/mol. The Balaban J connectivity index is 1.82. The van der Waals surface area contributed by atoms with Gasteiger partial charge in [-0.15, -0.1) is 0 Å². The van der Waals surface area contributed by atoms with E-state index in [0.29, 0.717) is 0 Å². The lowest BCUT2D eigenvalue weighted by molar-refractivity contribution is 0.209. The number of hydrogen-bond donors (Lipinski definition) is 1. The third-order valence-electron chi connectivity index (χ3n) is 3.25. The second-order valence-corrected chi connectivity index (χ2v) is 4.43. The van der Waals surface area contributed by atoms with E-state index in [1.54, 1.807) is 6.20 Å². The first-order valence-electron chi connectivity index (χ1n) is 6.31. The number of anilines is 1. The molecule has 1 N–H and O–H groups in total. The number of ether oxygens (including phenoxy) is 1. The predicted molar refractivity (Wildman–Crippen MR) is 71.9 cm³/mol. The summed E-state index contributed by atoms with van der Waals surface area (Å²) in [6.45, 7) is 2.92. The van der Waals surface area contributed by atoms with Crippen molar-refractivity contribution in [1.29, 1.82) is 0 Å². The number of nitrogens with one attached hydrogen (secondary N) is 1. The second kappa shape index (κ2) is 4.69. The van der Waals surface area contributed by atoms with E-state index in [0.717, 1.165) is 24.5 Å². The van der Waals surface area contributed by atoms with Crippen LogP contribution in [0.4, 0.5) is 5.82 Å². The number of hydrogen-bond acceptors (Lipinski definition) is 3. The van der Waals surface area contributed by atoms with Crippen molar-refractivity contribution in [3.8, 4) is 5.75 Å². The molecule has 18 heavy (non-hydrogen) atoms. The first-order chi connectivity index (χ1) is 8.86. The molecule has 1 aliphatic rings. The Bertz CT molecular complexity index is 536. The molecule has 1 aliphatic heterocycles. The zero-order valence-electron chi connectivity index (χ0n) is 10.4. The normalized spacial score (nSPS) is 17.5. The number of benzene rings is 1. The standard InChI is InChI=1S/C15H16N2O/c1-2-11-5-7-12(8-6-11)14-10-17-15-13(18-14)4-3-9-16-15/h3-9,14H,2,10H2,1H3,(H,16,17). The van der Waals surface area contributed by atoms with Crippen molar-refractivity contribution < 1.29 is 4.74 Å². The molecular formula is C15H16N2O. The molecular weight excluding hydrogens is 224 g/mol. The van der Waals surface area contributed by atoms with Gasteiger partial charge in [-0.1, -0.05) is 31.2 Å². The van der Waals surface area contributed by atoms with Crippen LogP contribution in [0.3, 0.4) is 0 Å². The fourth-order valence-corrected chi connectivity index (χ4v) is 2.16. The largest absolute Gasteiger partial charge is 0.480 e. The zero-order chi connectivity index (χ0) is 12.4. The van der Waals surface area contributed by atoms with E-state index in [1.165, 1.54) is 11.1 Å². The van der Waals surface area contributed by atoms with Crippen molar-refractivity contribution in [3.63, 3.8) is 0 Å². The van der Waals surface area contributed by atoms with E-state index >= 15 is 0 Å². The molecule has 0 fully saturated rings. The summed E-state index contributed by atoms with van der Waals surface area (Å²) in [6.07, 6.45) is 2.90. The molecule has 0 amide bonds. The number of aromatic nitrogens is 1. The zero-order valence-corrected chi connectivity index (χ0v) is 10.4. The lowest BCUT2D eigenvalue weighted by Gasteiger charge is -2.26. The molecule has 3 rings (SSSR count). The van der Waals surface area contributed by atoms with Crippen molar-refractivity contribution in [2.45, 2.75) is 19.4 Å². The lowest BCUT2D eigenvalue weighted by Crippen LogP contribution is -2.24. The van der Waals surface area contributed by atoms with Gasteiger partial charge in [-0.2, -0.15) is 0 Å². The third-order valence-corrected chi connectivity index (χ3v) is 3.25. The second-order valence-electron chi connectivity index (χ2n) is 4.43. The van der Waals surface area contributed by atoms with E-state index < -0.39 is 0 Å². The van der Waals surface area contributed by atoms with Crippen LogP contribution in [0.2, 0.25) is 0 Å². The molecule has 3 nitrogen and oxygen atoms in total. The summed E-state index contributed by atoms with van der Waals surface area (Å²) in [4.78, 5) is 4.24. The highest BCUT2D eigenvalue weighted by molar-refractivity contribution is 5.52. The monoisotopic (exact) mass is 240 g/mol. The van der Waals surface area contributed by atoms with Crippen LogP contribution in [0.25, 0.3) is 0 Å². The number of pyridine rings is 1. The molecule has 1 aromatic carbocycles. The molecule has 0 aliphatic carbocycles. The SMILES string of the molecule is CCc1ccc(C2CNc3ncccc3O2)cc1. The van der Waals surface area contributed by atoms with E-state index in [9.17, 15) is 0 Å². The number of rotatable bonds is 2. The van der Waals surface area contributed by atoms with E-state index in [-0.39, 0.29) is 6.10 Å². The molecule has 1 aromatic heterocycles. The Hall–Kier alpha value is -2.03. The molecule has 2 heterocycles. The van der Waals surface area contributed by atoms with Crippen LogP contribution < -0.4 is 10.1 Å². The van der Waals surface area contributed by atoms with Gasteiger partial charge in [0, 0.05) is 6.20 Å². The van der Waals surface area contributed by atoms with Gasteiger partial charge >= 0.3 is 0 Å². The van der Waals surface area contributed by atoms with Gasteiger partial charge in [0.25, 0.3) is 0 Å². The molecule has 0 saturated heterocycles. The van der Waals surface area contributed by atoms with Crippen molar-refractivity contribution >= 4 is 5.82 Å². The Morgan fingerprint density at radius 2 is 2.11 bits per heavy atom. The summed E-state index contributed by atoms with van der Waals surface area (Å²) in [5, 5.41) is 3.30. The number of aryl methyl sites for hydroxylation is 1. The smallest absolute Gasteiger partial charge is 0.168 e. The molecule has 92 valence electrons. The molecule has 1 atom stereocenters. The number of fused-ring (bicyclic) bond motifs is 1. The maximum absolute atomic E-state index is 5.97. The van der Waals surface area contributed by atoms with Gasteiger partial charge in [-0.25, -0.2) is 4.98 Å². The van der Waals surface area contributed by atoms with Gasteiger partial charge in [-0.05, 0) is 29.7 Å². The lowest BCUT2D eigenvalue weighted by atomic mass is 10.0. The summed E-state index contributed by atoms with van der Waals surface area (Å²) >= 11 is 0. The molecule has 1 unspecified atom stereocenters. The Labute approximate surface area is 107 Å². The van der Waals surface area contributed by atoms with E-state index in [1.807, 2.05) is 12.1 Å². The molecule has 0 saturated carbocycles. The summed E-state index contributed by atoms with van der Waals surface area (Å²) in [6, 6.07) is 12.5. The van der Waals surface area contributed by atoms with Gasteiger partial charge in [0.1, 0.15) is 6.10 Å². The summed E-state index contributed by atoms with van der Waals surface area (Å²) in [5.74, 6) is 1.66. The van der Waals surface area contributed by atoms with Crippen molar-refractivity contribution in [2.75, 3.05) is 11.9 Å². The van der Waals surface area contributed by atoms with Crippen LogP contribution >= 0.6 is 0 Å². The first-order valence-corrected chi connectivity index (χ1v) is 6.31. The van der Waals surface area contributed by atoms with Crippen LogP contribution in [-0.2, 0) is 6.42 Å². The molecule has 3 heteroatoms. The Morgan fingerprint density at radius 1 is 1.28 bits per heavy atom. The summed E-state index contributed by atoms with van der Waals surface area (Å²) in [5.41, 5.74) is 2.55. The van der Waals surface area contributed by atoms with Crippen molar-refractivity contribution in [3.05, 3.63) is 53.7 Å². The maximum atomic E-state index is 5.97. The fourth-order valence-electron chi connectivity index (χ4n) is 2.16. The highest BCUT2D eigenvalue weighted by Gasteiger charge is 2.20. The quantitative estimate of drug-likeness (QED) is 0.875. The summed E-state index contributed by atoms with van der Waals surface area (Å²) < 4.78 is 5.97. The molecule has 2 aromatic rings. The van der Waals surface area contributed by atoms with Gasteiger partial charge in [0.2, 0.25) is 0 Å². The first kappa shape index (κ1) is 11.1.